The summed E-state index contributed by atoms with van der Waals surface area (Å²) in [5.74, 6) is -5.42. The normalized spacial score (nSPS) is 16.5. The maximum atomic E-state index is 15.9. The van der Waals surface area contributed by atoms with Crippen molar-refractivity contribution in [2.45, 2.75) is 141 Å². The van der Waals surface area contributed by atoms with Crippen LogP contribution in [0.4, 0.5) is 22.4 Å². The van der Waals surface area contributed by atoms with Crippen LogP contribution >= 0.6 is 23.2 Å². The standard InChI is InChI=1S/C55H73Cl2F4N7O9Si/c1-34(62-29-41-42(58)25-39(57)26-45(41)76-40-20-16-36(17-21-40)44-30-63-46(66(44)9)31-65(8)51(74)77-52(2,3)4)48(71)64-43(32-75-78(11,12)53(5,6)7)50(73)67(10)54(27-35-14-18-38(56)19-15-35)22-13-23-68(33-54)49(72)37(24-47(69)70)28-55(59,60)61/h14-21,25-26,30,34,37,43,62H,13,22-24,27-29,31-33H2,1-12H3,(H,64,71)(H,69,70)/t34?,37?,43?,54-/m1/s1. The molecule has 0 aliphatic carbocycles. The molecule has 0 spiro atoms. The molecule has 1 aromatic heterocycles. The van der Waals surface area contributed by atoms with Gasteiger partial charge in [-0.3, -0.25) is 19.2 Å². The van der Waals surface area contributed by atoms with E-state index in [0.29, 0.717) is 22.2 Å². The third-order valence-electron chi connectivity index (χ3n) is 14.3. The number of carboxylic acids is 1. The Morgan fingerprint density at radius 2 is 1.59 bits per heavy atom. The van der Waals surface area contributed by atoms with Crippen molar-refractivity contribution in [1.82, 2.24) is 34.9 Å². The number of hydrogen-bond donors (Lipinski definition) is 3. The largest absolute Gasteiger partial charge is 0.481 e. The van der Waals surface area contributed by atoms with E-state index in [1.165, 1.54) is 34.7 Å². The van der Waals surface area contributed by atoms with Gasteiger partial charge < -0.3 is 48.9 Å². The zero-order valence-electron chi connectivity index (χ0n) is 46.4. The predicted octanol–water partition coefficient (Wildman–Crippen LogP) is 10.8. The molecular formula is C55H73Cl2F4N7O9Si. The van der Waals surface area contributed by atoms with Crippen molar-refractivity contribution in [1.29, 1.82) is 0 Å². The number of nitrogens with zero attached hydrogens (tertiary/aromatic N) is 5. The van der Waals surface area contributed by atoms with Crippen LogP contribution in [0.25, 0.3) is 11.3 Å². The number of carboxylic acid groups (broad SMARTS) is 1. The number of likely N-dealkylation sites (tertiary alicyclic amines) is 1. The number of benzene rings is 3. The van der Waals surface area contributed by atoms with Crippen LogP contribution in [-0.2, 0) is 54.9 Å². The van der Waals surface area contributed by atoms with Crippen molar-refractivity contribution in [2.24, 2.45) is 13.0 Å². The van der Waals surface area contributed by atoms with Gasteiger partial charge in [-0.25, -0.2) is 14.2 Å². The third kappa shape index (κ3) is 17.1. The highest BCUT2D eigenvalue weighted by atomic mass is 35.5. The molecule has 0 radical (unpaired) electrons. The van der Waals surface area contributed by atoms with Gasteiger partial charge in [0.15, 0.2) is 8.32 Å². The Labute approximate surface area is 465 Å². The highest BCUT2D eigenvalue weighted by Crippen LogP contribution is 2.38. The molecule has 4 aromatic rings. The van der Waals surface area contributed by atoms with Crippen LogP contribution in [0.15, 0.2) is 66.9 Å². The molecule has 16 nitrogen and oxygen atoms in total. The minimum absolute atomic E-state index is 0.0222. The number of carbonyl (C=O) groups is 5. The summed E-state index contributed by atoms with van der Waals surface area (Å²) in [6.45, 7) is 16.4. The minimum Gasteiger partial charge on any atom is -0.481 e. The smallest absolute Gasteiger partial charge is 0.410 e. The summed E-state index contributed by atoms with van der Waals surface area (Å²) in [5, 5.41) is 15.6. The van der Waals surface area contributed by atoms with E-state index in [1.807, 2.05) is 45.5 Å². The molecule has 4 atom stereocenters. The van der Waals surface area contributed by atoms with E-state index in [4.69, 9.17) is 37.1 Å². The van der Waals surface area contributed by atoms with E-state index in [2.05, 4.69) is 15.6 Å². The van der Waals surface area contributed by atoms with Gasteiger partial charge >= 0.3 is 18.2 Å². The molecule has 78 heavy (non-hydrogen) atoms. The van der Waals surface area contributed by atoms with Crippen molar-refractivity contribution in [3.05, 3.63) is 99.7 Å². The van der Waals surface area contributed by atoms with Crippen molar-refractivity contribution in [2.75, 3.05) is 33.8 Å². The summed E-state index contributed by atoms with van der Waals surface area (Å²) in [6, 6.07) is 13.9. The number of imidazole rings is 1. The number of halogens is 6. The van der Waals surface area contributed by atoms with Crippen LogP contribution in [0.5, 0.6) is 11.5 Å². The number of carbonyl (C=O) groups excluding carboxylic acids is 4. The second-order valence-electron chi connectivity index (χ2n) is 22.6. The van der Waals surface area contributed by atoms with Crippen LogP contribution in [0.1, 0.15) is 91.1 Å². The number of piperidine rings is 1. The Kier molecular flexibility index (Phi) is 20.7. The van der Waals surface area contributed by atoms with Gasteiger partial charge in [0.2, 0.25) is 17.7 Å². The Balaban J connectivity index is 1.37. The summed E-state index contributed by atoms with van der Waals surface area (Å²) in [4.78, 5) is 76.2. The summed E-state index contributed by atoms with van der Waals surface area (Å²) in [5.41, 5.74) is 0.346. The molecule has 0 bridgehead atoms. The highest BCUT2D eigenvalue weighted by molar-refractivity contribution is 6.74. The first-order valence-electron chi connectivity index (χ1n) is 25.6. The van der Waals surface area contributed by atoms with E-state index in [-0.39, 0.29) is 73.4 Å². The molecule has 3 aromatic carbocycles. The number of aromatic nitrogens is 2. The Morgan fingerprint density at radius 1 is 0.949 bits per heavy atom. The molecule has 1 aliphatic heterocycles. The van der Waals surface area contributed by atoms with Gasteiger partial charge in [-0.15, -0.1) is 0 Å². The van der Waals surface area contributed by atoms with Gasteiger partial charge in [0.1, 0.15) is 34.8 Å². The lowest BCUT2D eigenvalue weighted by Gasteiger charge is -2.50. The minimum atomic E-state index is -4.83. The first kappa shape index (κ1) is 63.1. The number of likely N-dealkylation sites (N-methyl/N-ethyl adjacent to an activating group) is 1. The second kappa shape index (κ2) is 25.6. The van der Waals surface area contributed by atoms with E-state index >= 15 is 9.18 Å². The molecule has 23 heteroatoms. The predicted molar refractivity (Wildman–Crippen MR) is 292 cm³/mol. The van der Waals surface area contributed by atoms with E-state index < -0.39 is 92.1 Å². The number of amides is 4. The van der Waals surface area contributed by atoms with Gasteiger partial charge in [0.25, 0.3) is 0 Å². The summed E-state index contributed by atoms with van der Waals surface area (Å²) in [7, 11) is 2.36. The van der Waals surface area contributed by atoms with E-state index in [9.17, 15) is 37.5 Å². The van der Waals surface area contributed by atoms with Gasteiger partial charge in [-0.2, -0.15) is 13.2 Å². The SMILES string of the molecule is CC(NCc1c(F)cc(Cl)cc1Oc1ccc(-c2cnc(CN(C)C(=O)OC(C)(C)C)n2C)cc1)C(=O)NC(CO[Si](C)(C)C(C)(C)C)C(=O)N(C)[C@@]1(Cc2ccc(Cl)cc2)CCCN(C(=O)C(CC(=O)O)CC(F)(F)F)C1. The second-order valence-corrected chi connectivity index (χ2v) is 28.3. The van der Waals surface area contributed by atoms with Gasteiger partial charge in [0.05, 0.1) is 55.4 Å². The molecule has 1 aliphatic rings. The lowest BCUT2D eigenvalue weighted by Crippen LogP contribution is -2.65. The van der Waals surface area contributed by atoms with Crippen molar-refractivity contribution in [3.8, 4) is 22.8 Å². The lowest BCUT2D eigenvalue weighted by molar-refractivity contribution is -0.166. The highest BCUT2D eigenvalue weighted by Gasteiger charge is 2.47. The van der Waals surface area contributed by atoms with Gasteiger partial charge in [-0.05, 0) is 119 Å². The molecule has 5 rings (SSSR count). The molecule has 0 saturated carbocycles. The number of aliphatic carboxylic acids is 1. The molecule has 2 heterocycles. The monoisotopic (exact) mass is 1150 g/mol. The maximum absolute atomic E-state index is 15.9. The van der Waals surface area contributed by atoms with Crippen LogP contribution in [0, 0.1) is 11.7 Å². The first-order valence-corrected chi connectivity index (χ1v) is 29.2. The summed E-state index contributed by atoms with van der Waals surface area (Å²) in [6.07, 6.45) is -5.65. The summed E-state index contributed by atoms with van der Waals surface area (Å²) >= 11 is 12.6. The van der Waals surface area contributed by atoms with Gasteiger partial charge in [0, 0.05) is 61.9 Å². The van der Waals surface area contributed by atoms with Crippen molar-refractivity contribution in [3.63, 3.8) is 0 Å². The van der Waals surface area contributed by atoms with E-state index in [1.54, 1.807) is 82.5 Å². The Hall–Kier alpha value is -5.74. The molecule has 1 fully saturated rings. The third-order valence-corrected chi connectivity index (χ3v) is 19.2. The topological polar surface area (TPSA) is 185 Å². The molecule has 4 amide bonds. The molecule has 1 saturated heterocycles. The first-order chi connectivity index (χ1) is 36.1. The average molecular weight is 1150 g/mol. The Morgan fingerprint density at radius 3 is 2.18 bits per heavy atom. The lowest BCUT2D eigenvalue weighted by atomic mass is 9.80. The quantitative estimate of drug-likeness (QED) is 0.0533. The van der Waals surface area contributed by atoms with Crippen LogP contribution in [0.2, 0.25) is 28.2 Å². The summed E-state index contributed by atoms with van der Waals surface area (Å²) < 4.78 is 77.2. The molecule has 3 unspecified atom stereocenters. The fourth-order valence-corrected chi connectivity index (χ4v) is 10.1. The van der Waals surface area contributed by atoms with E-state index in [0.717, 1.165) is 17.3 Å². The maximum Gasteiger partial charge on any atom is 0.410 e. The number of ether oxygens (including phenoxy) is 2. The van der Waals surface area contributed by atoms with Crippen LogP contribution in [0.3, 0.4) is 0 Å². The van der Waals surface area contributed by atoms with Crippen molar-refractivity contribution >= 4 is 61.3 Å². The number of rotatable bonds is 21. The molecule has 3 N–H and O–H groups in total. The van der Waals surface area contributed by atoms with Gasteiger partial charge in [-0.1, -0.05) is 56.1 Å². The van der Waals surface area contributed by atoms with Crippen LogP contribution < -0.4 is 15.4 Å². The zero-order valence-corrected chi connectivity index (χ0v) is 48.9. The average Bonchev–Trinajstić information content (AvgIpc) is 3.69. The van der Waals surface area contributed by atoms with Crippen LogP contribution in [-0.4, -0.2) is 131 Å². The fraction of sp³-hybridized carbons (Fsp3) is 0.527. The Bertz CT molecular complexity index is 2770. The number of hydrogen-bond acceptors (Lipinski definition) is 10. The zero-order chi connectivity index (χ0) is 58.3. The molecular weight excluding hydrogens is 1080 g/mol. The fourth-order valence-electron chi connectivity index (χ4n) is 8.75. The molecule has 428 valence electrons. The number of alkyl halides is 3. The number of nitrogens with one attached hydrogen (secondary N) is 2. The van der Waals surface area contributed by atoms with Crippen molar-refractivity contribution < 1.29 is 60.5 Å².